The number of thioether (sulfide) groups is 1. The molecule has 1 N–H and O–H groups in total. The molecule has 8 heteroatoms. The number of carbonyl (C=O) groups is 1. The lowest BCUT2D eigenvalue weighted by Gasteiger charge is -2.08. The Morgan fingerprint density at radius 1 is 1.07 bits per heavy atom. The molecule has 0 unspecified atom stereocenters. The molecule has 6 nitrogen and oxygen atoms in total. The van der Waals surface area contributed by atoms with Gasteiger partial charge in [0.1, 0.15) is 11.5 Å². The van der Waals surface area contributed by atoms with Gasteiger partial charge in [-0.15, -0.1) is 10.2 Å². The number of benzene rings is 2. The van der Waals surface area contributed by atoms with E-state index in [2.05, 4.69) is 15.5 Å². The largest absolute Gasteiger partial charge is 0.497 e. The molecule has 0 amide bonds. The Morgan fingerprint density at radius 2 is 1.81 bits per heavy atom. The van der Waals surface area contributed by atoms with Crippen LogP contribution >= 0.6 is 23.1 Å². The number of nitrogens with one attached hydrogen (secondary N) is 1. The van der Waals surface area contributed by atoms with E-state index in [1.807, 2.05) is 31.2 Å². The number of hydrogen-bond acceptors (Lipinski definition) is 8. The summed E-state index contributed by atoms with van der Waals surface area (Å²) in [6.07, 6.45) is 0. The lowest BCUT2D eigenvalue weighted by Crippen LogP contribution is -2.13. The summed E-state index contributed by atoms with van der Waals surface area (Å²) in [4.78, 5) is 12.6. The van der Waals surface area contributed by atoms with E-state index >= 15 is 0 Å². The zero-order chi connectivity index (χ0) is 19.2. The molecule has 0 aliphatic heterocycles. The highest BCUT2D eigenvalue weighted by Gasteiger charge is 2.19. The van der Waals surface area contributed by atoms with Crippen LogP contribution in [0.15, 0.2) is 52.9 Å². The quantitative estimate of drug-likeness (QED) is 0.434. The number of anilines is 2. The van der Waals surface area contributed by atoms with Crippen molar-refractivity contribution in [1.82, 2.24) is 10.2 Å². The fourth-order valence-corrected chi connectivity index (χ4v) is 4.35. The van der Waals surface area contributed by atoms with E-state index in [-0.39, 0.29) is 11.0 Å². The van der Waals surface area contributed by atoms with E-state index in [0.717, 1.165) is 21.5 Å². The maximum absolute atomic E-state index is 12.6. The second-order valence-electron chi connectivity index (χ2n) is 5.55. The van der Waals surface area contributed by atoms with Crippen LogP contribution in [0.5, 0.6) is 11.5 Å². The van der Waals surface area contributed by atoms with Crippen molar-refractivity contribution in [1.29, 1.82) is 0 Å². The minimum Gasteiger partial charge on any atom is -0.497 e. The van der Waals surface area contributed by atoms with Crippen molar-refractivity contribution < 1.29 is 14.3 Å². The molecule has 1 heterocycles. The minimum atomic E-state index is -0.273. The van der Waals surface area contributed by atoms with Crippen LogP contribution in [0.3, 0.4) is 0 Å². The third kappa shape index (κ3) is 4.78. The number of para-hydroxylation sites is 2. The van der Waals surface area contributed by atoms with Gasteiger partial charge in [0.15, 0.2) is 10.1 Å². The van der Waals surface area contributed by atoms with Crippen LogP contribution in [-0.4, -0.2) is 35.5 Å². The zero-order valence-electron chi connectivity index (χ0n) is 15.1. The Bertz CT molecular complexity index is 913. The van der Waals surface area contributed by atoms with Gasteiger partial charge >= 0.3 is 0 Å². The molecule has 0 aliphatic rings. The van der Waals surface area contributed by atoms with Crippen LogP contribution in [0.1, 0.15) is 17.3 Å². The summed E-state index contributed by atoms with van der Waals surface area (Å²) in [5.74, 6) is 1.49. The SMILES string of the molecule is COc1ccc(C(=O)[C@H](C)Sc2nnc(Nc3ccccc3OC)s2)cc1. The van der Waals surface area contributed by atoms with Crippen LogP contribution in [0.4, 0.5) is 10.8 Å². The Kier molecular flexibility index (Phi) is 6.31. The van der Waals surface area contributed by atoms with E-state index in [0.29, 0.717) is 10.7 Å². The van der Waals surface area contributed by atoms with Crippen molar-refractivity contribution in [3.63, 3.8) is 0 Å². The van der Waals surface area contributed by atoms with Gasteiger partial charge in [-0.1, -0.05) is 35.2 Å². The van der Waals surface area contributed by atoms with Crippen molar-refractivity contribution in [3.05, 3.63) is 54.1 Å². The molecule has 2 aromatic carbocycles. The lowest BCUT2D eigenvalue weighted by atomic mass is 10.1. The maximum Gasteiger partial charge on any atom is 0.210 e. The van der Waals surface area contributed by atoms with Gasteiger partial charge in [0, 0.05) is 5.56 Å². The van der Waals surface area contributed by atoms with Gasteiger partial charge in [-0.2, -0.15) is 0 Å². The molecule has 0 radical (unpaired) electrons. The number of Topliss-reactive ketones (excluding diaryl/α,β-unsaturated/α-hetero) is 1. The van der Waals surface area contributed by atoms with Crippen molar-refractivity contribution >= 4 is 39.7 Å². The molecule has 1 aromatic heterocycles. The van der Waals surface area contributed by atoms with E-state index in [9.17, 15) is 4.79 Å². The Hall–Kier alpha value is -2.58. The van der Waals surface area contributed by atoms with Crippen molar-refractivity contribution in [2.24, 2.45) is 0 Å². The monoisotopic (exact) mass is 401 g/mol. The summed E-state index contributed by atoms with van der Waals surface area (Å²) < 4.78 is 11.2. The minimum absolute atomic E-state index is 0.0390. The molecule has 0 saturated heterocycles. The maximum atomic E-state index is 12.6. The van der Waals surface area contributed by atoms with E-state index < -0.39 is 0 Å². The first kappa shape index (κ1) is 19.2. The zero-order valence-corrected chi connectivity index (χ0v) is 16.8. The number of nitrogens with zero attached hydrogens (tertiary/aromatic N) is 2. The number of hydrogen-bond donors (Lipinski definition) is 1. The second-order valence-corrected chi connectivity index (χ2v) is 8.12. The van der Waals surface area contributed by atoms with Gasteiger partial charge in [0.25, 0.3) is 0 Å². The third-order valence-corrected chi connectivity index (χ3v) is 5.80. The van der Waals surface area contributed by atoms with Crippen molar-refractivity contribution in [2.45, 2.75) is 16.5 Å². The standard InChI is InChI=1S/C19H19N3O3S2/c1-12(17(23)13-8-10-14(24-2)11-9-13)26-19-22-21-18(27-19)20-15-6-4-5-7-16(15)25-3/h4-12H,1-3H3,(H,20,21)/t12-/m0/s1. The van der Waals surface area contributed by atoms with Crippen LogP contribution in [0, 0.1) is 0 Å². The highest BCUT2D eigenvalue weighted by atomic mass is 32.2. The molecule has 0 bridgehead atoms. The molecular weight excluding hydrogens is 382 g/mol. The molecule has 0 spiro atoms. The number of rotatable bonds is 8. The average molecular weight is 402 g/mol. The van der Waals surface area contributed by atoms with Gasteiger partial charge in [0.05, 0.1) is 25.2 Å². The molecule has 3 aromatic rings. The first-order valence-electron chi connectivity index (χ1n) is 8.19. The fourth-order valence-electron chi connectivity index (χ4n) is 2.37. The van der Waals surface area contributed by atoms with E-state index in [4.69, 9.17) is 9.47 Å². The first-order chi connectivity index (χ1) is 13.1. The fraction of sp³-hybridized carbons (Fsp3) is 0.211. The predicted octanol–water partition coefficient (Wildman–Crippen LogP) is 4.66. The second kappa shape index (κ2) is 8.88. The van der Waals surface area contributed by atoms with E-state index in [1.165, 1.54) is 23.1 Å². The van der Waals surface area contributed by atoms with Gasteiger partial charge in [-0.25, -0.2) is 0 Å². The molecule has 0 aliphatic carbocycles. The topological polar surface area (TPSA) is 73.3 Å². The Morgan fingerprint density at radius 3 is 2.52 bits per heavy atom. The van der Waals surface area contributed by atoms with Crippen molar-refractivity contribution in [2.75, 3.05) is 19.5 Å². The average Bonchev–Trinajstić information content (AvgIpc) is 3.14. The Balaban J connectivity index is 1.65. The molecular formula is C19H19N3O3S2. The van der Waals surface area contributed by atoms with Gasteiger partial charge in [-0.3, -0.25) is 4.79 Å². The van der Waals surface area contributed by atoms with Crippen LogP contribution < -0.4 is 14.8 Å². The normalized spacial score (nSPS) is 11.7. The highest BCUT2D eigenvalue weighted by Crippen LogP contribution is 2.33. The van der Waals surface area contributed by atoms with Crippen LogP contribution in [0.2, 0.25) is 0 Å². The van der Waals surface area contributed by atoms with Crippen molar-refractivity contribution in [3.8, 4) is 11.5 Å². The molecule has 27 heavy (non-hydrogen) atoms. The van der Waals surface area contributed by atoms with Gasteiger partial charge in [0.2, 0.25) is 5.13 Å². The predicted molar refractivity (Wildman–Crippen MR) is 109 cm³/mol. The van der Waals surface area contributed by atoms with Gasteiger partial charge < -0.3 is 14.8 Å². The summed E-state index contributed by atoms with van der Waals surface area (Å²) in [7, 11) is 3.22. The lowest BCUT2D eigenvalue weighted by molar-refractivity contribution is 0.0994. The molecule has 3 rings (SSSR count). The summed E-state index contributed by atoms with van der Waals surface area (Å²) in [5.41, 5.74) is 1.46. The molecule has 140 valence electrons. The molecule has 0 fully saturated rings. The number of methoxy groups -OCH3 is 2. The summed E-state index contributed by atoms with van der Waals surface area (Å²) in [6.45, 7) is 1.87. The number of ether oxygens (including phenoxy) is 2. The third-order valence-electron chi connectivity index (χ3n) is 3.78. The van der Waals surface area contributed by atoms with Gasteiger partial charge in [-0.05, 0) is 43.3 Å². The number of aromatic nitrogens is 2. The smallest absolute Gasteiger partial charge is 0.210 e. The highest BCUT2D eigenvalue weighted by molar-refractivity contribution is 8.02. The van der Waals surface area contributed by atoms with Crippen LogP contribution in [0.25, 0.3) is 0 Å². The molecule has 0 saturated carbocycles. The Labute approximate surface area is 165 Å². The summed E-state index contributed by atoms with van der Waals surface area (Å²) in [5, 5.41) is 11.9. The number of ketones is 1. The summed E-state index contributed by atoms with van der Waals surface area (Å²) in [6, 6.07) is 14.7. The summed E-state index contributed by atoms with van der Waals surface area (Å²) >= 11 is 2.79. The van der Waals surface area contributed by atoms with Crippen LogP contribution in [-0.2, 0) is 0 Å². The van der Waals surface area contributed by atoms with E-state index in [1.54, 1.807) is 38.5 Å². The number of carbonyl (C=O) groups excluding carboxylic acids is 1. The first-order valence-corrected chi connectivity index (χ1v) is 9.89. The molecule has 1 atom stereocenters.